The molecule has 0 aromatic heterocycles. The minimum atomic E-state index is -0.861. The van der Waals surface area contributed by atoms with Crippen molar-refractivity contribution in [1.29, 1.82) is 0 Å². The third-order valence-electron chi connectivity index (χ3n) is 5.71. The molecule has 2 bridgehead atoms. The van der Waals surface area contributed by atoms with E-state index in [1.54, 1.807) is 0 Å². The molecule has 0 aromatic carbocycles. The molecule has 0 aromatic rings. The molecule has 3 atom stereocenters. The normalized spacial score (nSPS) is 26.4. The Balaban J connectivity index is 2.06. The first-order valence-corrected chi connectivity index (χ1v) is 10.3. The van der Waals surface area contributed by atoms with Crippen molar-refractivity contribution < 1.29 is 24.6 Å². The first kappa shape index (κ1) is 22.6. The first-order chi connectivity index (χ1) is 13.4. The number of fused-ring (bicyclic) bond motifs is 3. The summed E-state index contributed by atoms with van der Waals surface area (Å²) in [6.07, 6.45) is 1.38. The molecule has 9 heteroatoms. The fourth-order valence-electron chi connectivity index (χ4n) is 4.00. The lowest BCUT2D eigenvalue weighted by Crippen LogP contribution is -2.50. The van der Waals surface area contributed by atoms with Crippen molar-refractivity contribution in [3.63, 3.8) is 0 Å². The van der Waals surface area contributed by atoms with Gasteiger partial charge in [0.05, 0.1) is 0 Å². The van der Waals surface area contributed by atoms with Gasteiger partial charge in [-0.05, 0) is 39.3 Å². The van der Waals surface area contributed by atoms with Crippen LogP contribution in [0.4, 0.5) is 4.79 Å². The fraction of sp³-hybridized carbons (Fsp3) is 0.842. The van der Waals surface area contributed by atoms with E-state index < -0.39 is 18.1 Å². The van der Waals surface area contributed by atoms with Crippen LogP contribution in [-0.2, 0) is 9.59 Å². The van der Waals surface area contributed by atoms with Gasteiger partial charge in [-0.2, -0.15) is 0 Å². The predicted molar refractivity (Wildman–Crippen MR) is 105 cm³/mol. The topological polar surface area (TPSA) is 105 Å². The third kappa shape index (κ3) is 7.37. The summed E-state index contributed by atoms with van der Waals surface area (Å²) in [6, 6.07) is -0.631. The molecule has 9 nitrogen and oxygen atoms in total. The van der Waals surface area contributed by atoms with Crippen LogP contribution in [0, 0.1) is 0 Å². The molecule has 0 spiro atoms. The molecule has 1 amide bonds. The van der Waals surface area contributed by atoms with E-state index in [9.17, 15) is 24.6 Å². The zero-order valence-electron chi connectivity index (χ0n) is 16.9. The zero-order chi connectivity index (χ0) is 20.5. The standard InChI is InChI=1S/C19H34N4O5/c1-16(24)4-5-17(18(25)26)22-8-2-6-21-11-10-20(12-14-22)7-3-9-23(15-13-21)19(27)28/h17H,2-15H2,1H3,(H,25,26)(H,27,28). The average molecular weight is 399 g/mol. The van der Waals surface area contributed by atoms with Gasteiger partial charge in [-0.15, -0.1) is 0 Å². The van der Waals surface area contributed by atoms with Crippen molar-refractivity contribution in [3.05, 3.63) is 0 Å². The fourth-order valence-corrected chi connectivity index (χ4v) is 4.00. The highest BCUT2D eigenvalue weighted by atomic mass is 16.4. The number of nitrogens with zero attached hydrogens (tertiary/aromatic N) is 4. The van der Waals surface area contributed by atoms with E-state index in [4.69, 9.17) is 0 Å². The molecule has 0 saturated carbocycles. The summed E-state index contributed by atoms with van der Waals surface area (Å²) in [4.78, 5) is 42.6. The summed E-state index contributed by atoms with van der Waals surface area (Å²) in [7, 11) is 0. The average Bonchev–Trinajstić information content (AvgIpc) is 2.64. The maximum absolute atomic E-state index is 11.8. The van der Waals surface area contributed by atoms with Crippen molar-refractivity contribution in [3.8, 4) is 0 Å². The van der Waals surface area contributed by atoms with Gasteiger partial charge in [-0.1, -0.05) is 0 Å². The molecular weight excluding hydrogens is 364 g/mol. The van der Waals surface area contributed by atoms with Crippen molar-refractivity contribution in [1.82, 2.24) is 19.6 Å². The van der Waals surface area contributed by atoms with Crippen molar-refractivity contribution in [2.75, 3.05) is 65.4 Å². The second-order valence-corrected chi connectivity index (χ2v) is 7.79. The van der Waals surface area contributed by atoms with E-state index in [0.717, 1.165) is 45.6 Å². The van der Waals surface area contributed by atoms with Gasteiger partial charge in [0, 0.05) is 58.8 Å². The van der Waals surface area contributed by atoms with Crippen LogP contribution in [0.25, 0.3) is 0 Å². The lowest BCUT2D eigenvalue weighted by atomic mass is 10.1. The summed E-state index contributed by atoms with van der Waals surface area (Å²) in [5, 5.41) is 19.0. The van der Waals surface area contributed by atoms with Crippen LogP contribution in [0.15, 0.2) is 0 Å². The zero-order valence-corrected chi connectivity index (χ0v) is 16.9. The Morgan fingerprint density at radius 2 is 1.36 bits per heavy atom. The van der Waals surface area contributed by atoms with Crippen molar-refractivity contribution in [2.24, 2.45) is 0 Å². The smallest absolute Gasteiger partial charge is 0.407 e. The Bertz CT molecular complexity index is 544. The lowest BCUT2D eigenvalue weighted by molar-refractivity contribution is -0.144. The highest BCUT2D eigenvalue weighted by Gasteiger charge is 2.27. The van der Waals surface area contributed by atoms with Gasteiger partial charge in [-0.25, -0.2) is 4.79 Å². The molecule has 0 aliphatic carbocycles. The number of hydrogen-bond donors (Lipinski definition) is 2. The number of carbonyl (C=O) groups excluding carboxylic acids is 1. The minimum absolute atomic E-state index is 0.0187. The quantitative estimate of drug-likeness (QED) is 0.690. The molecule has 3 unspecified atom stereocenters. The third-order valence-corrected chi connectivity index (χ3v) is 5.71. The predicted octanol–water partition coefficient (Wildman–Crippen LogP) is 0.502. The van der Waals surface area contributed by atoms with E-state index in [1.807, 2.05) is 4.90 Å². The van der Waals surface area contributed by atoms with Crippen LogP contribution in [0.5, 0.6) is 0 Å². The summed E-state index contributed by atoms with van der Waals surface area (Å²) >= 11 is 0. The van der Waals surface area contributed by atoms with E-state index in [2.05, 4.69) is 9.80 Å². The maximum Gasteiger partial charge on any atom is 0.407 e. The summed E-state index contributed by atoms with van der Waals surface area (Å²) in [6.45, 7) is 8.74. The number of carboxylic acids is 1. The minimum Gasteiger partial charge on any atom is -0.480 e. The summed E-state index contributed by atoms with van der Waals surface area (Å²) in [5.74, 6) is -0.842. The number of aliphatic carboxylic acids is 1. The Morgan fingerprint density at radius 1 is 0.786 bits per heavy atom. The highest BCUT2D eigenvalue weighted by Crippen LogP contribution is 2.12. The molecule has 2 saturated heterocycles. The Kier molecular flexibility index (Phi) is 9.14. The van der Waals surface area contributed by atoms with Gasteiger partial charge in [0.15, 0.2) is 0 Å². The molecular formula is C19H34N4O5. The van der Waals surface area contributed by atoms with Gasteiger partial charge in [-0.3, -0.25) is 9.69 Å². The maximum atomic E-state index is 11.8. The summed E-state index contributed by atoms with van der Waals surface area (Å²) in [5.41, 5.74) is 0. The number of carboxylic acid groups (broad SMARTS) is 2. The number of carbonyl (C=O) groups is 3. The molecule has 2 fully saturated rings. The molecule has 2 N–H and O–H groups in total. The van der Waals surface area contributed by atoms with E-state index in [-0.39, 0.29) is 12.2 Å². The van der Waals surface area contributed by atoms with Gasteiger partial charge >= 0.3 is 12.1 Å². The number of amides is 1. The van der Waals surface area contributed by atoms with E-state index in [1.165, 1.54) is 11.8 Å². The van der Waals surface area contributed by atoms with Gasteiger partial charge < -0.3 is 29.7 Å². The summed E-state index contributed by atoms with van der Waals surface area (Å²) < 4.78 is 0. The van der Waals surface area contributed by atoms with Crippen LogP contribution in [0.2, 0.25) is 0 Å². The Morgan fingerprint density at radius 3 is 1.93 bits per heavy atom. The second kappa shape index (κ2) is 11.3. The first-order valence-electron chi connectivity index (χ1n) is 10.3. The number of hydrogen-bond acceptors (Lipinski definition) is 6. The van der Waals surface area contributed by atoms with Crippen LogP contribution >= 0.6 is 0 Å². The van der Waals surface area contributed by atoms with Gasteiger partial charge in [0.2, 0.25) is 0 Å². The number of rotatable bonds is 5. The second-order valence-electron chi connectivity index (χ2n) is 7.79. The molecule has 28 heavy (non-hydrogen) atoms. The monoisotopic (exact) mass is 398 g/mol. The molecule has 2 rings (SSSR count). The molecule has 2 aliphatic rings. The van der Waals surface area contributed by atoms with E-state index >= 15 is 0 Å². The molecule has 0 radical (unpaired) electrons. The van der Waals surface area contributed by atoms with Gasteiger partial charge in [0.25, 0.3) is 0 Å². The van der Waals surface area contributed by atoms with Crippen LogP contribution in [0.1, 0.15) is 32.6 Å². The highest BCUT2D eigenvalue weighted by molar-refractivity contribution is 5.78. The number of ketones is 1. The van der Waals surface area contributed by atoms with Crippen molar-refractivity contribution in [2.45, 2.75) is 38.6 Å². The molecule has 2 heterocycles. The van der Waals surface area contributed by atoms with Crippen LogP contribution < -0.4 is 0 Å². The lowest BCUT2D eigenvalue weighted by Gasteiger charge is -2.36. The SMILES string of the molecule is CC(=O)CCC(C(=O)O)N1CCCN2CCN(CCCN(C(=O)O)CC2)CC1. The van der Waals surface area contributed by atoms with Crippen molar-refractivity contribution >= 4 is 17.8 Å². The molecule has 160 valence electrons. The molecule has 2 aliphatic heterocycles. The van der Waals surface area contributed by atoms with Crippen LogP contribution in [0.3, 0.4) is 0 Å². The Hall–Kier alpha value is -1.71. The Labute approximate surface area is 166 Å². The number of Topliss-reactive ketones (excluding diaryl/α,β-unsaturated/α-hetero) is 1. The van der Waals surface area contributed by atoms with E-state index in [0.29, 0.717) is 39.1 Å². The largest absolute Gasteiger partial charge is 0.480 e. The van der Waals surface area contributed by atoms with Gasteiger partial charge in [0.1, 0.15) is 11.8 Å². The van der Waals surface area contributed by atoms with Crippen LogP contribution in [-0.4, -0.2) is 119 Å².